The second kappa shape index (κ2) is 7.83. The molecule has 0 fully saturated rings. The Hall–Kier alpha value is -2.27. The van der Waals surface area contributed by atoms with Gasteiger partial charge in [0.05, 0.1) is 19.2 Å². The molecule has 4 nitrogen and oxygen atoms in total. The van der Waals surface area contributed by atoms with Gasteiger partial charge in [0.2, 0.25) is 5.91 Å². The summed E-state index contributed by atoms with van der Waals surface area (Å²) in [5.41, 5.74) is 1.39. The summed E-state index contributed by atoms with van der Waals surface area (Å²) in [5, 5.41) is 2.66. The molecule has 0 saturated carbocycles. The third-order valence-electron chi connectivity index (χ3n) is 3.26. The molecule has 1 amide bonds. The standard InChI is InChI=1S/C17H17ClFNO3/c1-22-13-7-11(8-14(10-13)23-2)3-6-17(21)20-12-4-5-16(19)15(18)9-12/h4-5,7-10H,3,6H2,1-2H3,(H,20,21). The van der Waals surface area contributed by atoms with Crippen molar-refractivity contribution in [3.63, 3.8) is 0 Å². The summed E-state index contributed by atoms with van der Waals surface area (Å²) in [4.78, 5) is 12.0. The van der Waals surface area contributed by atoms with E-state index in [1.165, 1.54) is 18.2 Å². The summed E-state index contributed by atoms with van der Waals surface area (Å²) in [6.45, 7) is 0. The van der Waals surface area contributed by atoms with Crippen molar-refractivity contribution < 1.29 is 18.7 Å². The smallest absolute Gasteiger partial charge is 0.224 e. The van der Waals surface area contributed by atoms with E-state index in [9.17, 15) is 9.18 Å². The van der Waals surface area contributed by atoms with E-state index in [0.717, 1.165) is 5.56 Å². The first-order valence-corrected chi connectivity index (χ1v) is 7.36. The van der Waals surface area contributed by atoms with Gasteiger partial charge in [0.15, 0.2) is 0 Å². The van der Waals surface area contributed by atoms with Gasteiger partial charge in [0.1, 0.15) is 17.3 Å². The minimum absolute atomic E-state index is 0.0275. The van der Waals surface area contributed by atoms with Crippen molar-refractivity contribution in [2.45, 2.75) is 12.8 Å². The van der Waals surface area contributed by atoms with Gasteiger partial charge < -0.3 is 14.8 Å². The number of rotatable bonds is 6. The number of aryl methyl sites for hydroxylation is 1. The Morgan fingerprint density at radius 1 is 1.13 bits per heavy atom. The largest absolute Gasteiger partial charge is 0.497 e. The van der Waals surface area contributed by atoms with Gasteiger partial charge >= 0.3 is 0 Å². The van der Waals surface area contributed by atoms with Gasteiger partial charge in [-0.25, -0.2) is 4.39 Å². The average Bonchev–Trinajstić information content (AvgIpc) is 2.56. The van der Waals surface area contributed by atoms with E-state index in [-0.39, 0.29) is 17.4 Å². The number of halogens is 2. The Morgan fingerprint density at radius 2 is 1.78 bits per heavy atom. The molecule has 0 heterocycles. The highest BCUT2D eigenvalue weighted by molar-refractivity contribution is 6.31. The number of ether oxygens (including phenoxy) is 2. The SMILES string of the molecule is COc1cc(CCC(=O)Nc2ccc(F)c(Cl)c2)cc(OC)c1. The summed E-state index contributed by atoms with van der Waals surface area (Å²) in [5.74, 6) is 0.637. The van der Waals surface area contributed by atoms with Crippen molar-refractivity contribution in [1.29, 1.82) is 0 Å². The van der Waals surface area contributed by atoms with Crippen LogP contribution >= 0.6 is 11.6 Å². The predicted molar refractivity (Wildman–Crippen MR) is 87.9 cm³/mol. The number of methoxy groups -OCH3 is 2. The van der Waals surface area contributed by atoms with Crippen LogP contribution in [0.5, 0.6) is 11.5 Å². The maximum absolute atomic E-state index is 13.1. The molecule has 122 valence electrons. The lowest BCUT2D eigenvalue weighted by molar-refractivity contribution is -0.116. The van der Waals surface area contributed by atoms with Crippen LogP contribution in [0.3, 0.4) is 0 Å². The number of hydrogen-bond donors (Lipinski definition) is 1. The van der Waals surface area contributed by atoms with Gasteiger partial charge in [-0.3, -0.25) is 4.79 Å². The molecule has 0 spiro atoms. The summed E-state index contributed by atoms with van der Waals surface area (Å²) < 4.78 is 23.5. The van der Waals surface area contributed by atoms with E-state index in [1.807, 2.05) is 12.1 Å². The van der Waals surface area contributed by atoms with Gasteiger partial charge in [0.25, 0.3) is 0 Å². The van der Waals surface area contributed by atoms with E-state index in [2.05, 4.69) is 5.32 Å². The number of nitrogens with one attached hydrogen (secondary N) is 1. The Morgan fingerprint density at radius 3 is 2.35 bits per heavy atom. The summed E-state index contributed by atoms with van der Waals surface area (Å²) in [7, 11) is 3.15. The van der Waals surface area contributed by atoms with Crippen molar-refractivity contribution >= 4 is 23.2 Å². The third kappa shape index (κ3) is 4.86. The number of anilines is 1. The first-order chi connectivity index (χ1) is 11.0. The van der Waals surface area contributed by atoms with Crippen molar-refractivity contribution in [3.05, 3.63) is 52.8 Å². The number of amides is 1. The van der Waals surface area contributed by atoms with Crippen LogP contribution in [0.4, 0.5) is 10.1 Å². The molecule has 0 unspecified atom stereocenters. The highest BCUT2D eigenvalue weighted by atomic mass is 35.5. The molecule has 6 heteroatoms. The summed E-state index contributed by atoms with van der Waals surface area (Å²) in [6, 6.07) is 9.53. The Kier molecular flexibility index (Phi) is 5.82. The van der Waals surface area contributed by atoms with Gasteiger partial charge in [-0.2, -0.15) is 0 Å². The zero-order chi connectivity index (χ0) is 16.8. The molecule has 2 aromatic carbocycles. The lowest BCUT2D eigenvalue weighted by atomic mass is 10.1. The van der Waals surface area contributed by atoms with Gasteiger partial charge in [-0.1, -0.05) is 11.6 Å². The molecule has 1 N–H and O–H groups in total. The Labute approximate surface area is 139 Å². The van der Waals surface area contributed by atoms with Crippen molar-refractivity contribution in [2.24, 2.45) is 0 Å². The van der Waals surface area contributed by atoms with E-state index < -0.39 is 5.82 Å². The van der Waals surface area contributed by atoms with Crippen molar-refractivity contribution in [2.75, 3.05) is 19.5 Å². The fourth-order valence-electron chi connectivity index (χ4n) is 2.07. The molecule has 0 aliphatic carbocycles. The topological polar surface area (TPSA) is 47.6 Å². The number of hydrogen-bond acceptors (Lipinski definition) is 3. The molecule has 23 heavy (non-hydrogen) atoms. The van der Waals surface area contributed by atoms with E-state index in [0.29, 0.717) is 23.6 Å². The molecule has 0 bridgehead atoms. The van der Waals surface area contributed by atoms with E-state index >= 15 is 0 Å². The molecular weight excluding hydrogens is 321 g/mol. The molecule has 0 aliphatic rings. The first-order valence-electron chi connectivity index (χ1n) is 6.98. The minimum Gasteiger partial charge on any atom is -0.497 e. The number of carbonyl (C=O) groups is 1. The van der Waals surface area contributed by atoms with Crippen LogP contribution in [-0.4, -0.2) is 20.1 Å². The molecule has 2 aromatic rings. The highest BCUT2D eigenvalue weighted by Crippen LogP contribution is 2.24. The van der Waals surface area contributed by atoms with Gasteiger partial charge in [-0.15, -0.1) is 0 Å². The summed E-state index contributed by atoms with van der Waals surface area (Å²) >= 11 is 5.68. The zero-order valence-corrected chi connectivity index (χ0v) is 13.6. The van der Waals surface area contributed by atoms with Crippen LogP contribution < -0.4 is 14.8 Å². The molecule has 0 aliphatic heterocycles. The molecule has 0 atom stereocenters. The molecule has 0 saturated heterocycles. The van der Waals surface area contributed by atoms with E-state index in [1.54, 1.807) is 20.3 Å². The third-order valence-corrected chi connectivity index (χ3v) is 3.54. The van der Waals surface area contributed by atoms with Gasteiger partial charge in [0, 0.05) is 18.2 Å². The predicted octanol–water partition coefficient (Wildman–Crippen LogP) is 4.07. The molecule has 0 radical (unpaired) electrons. The Bertz CT molecular complexity index is 684. The van der Waals surface area contributed by atoms with Crippen LogP contribution in [-0.2, 0) is 11.2 Å². The second-order valence-corrected chi connectivity index (χ2v) is 5.31. The minimum atomic E-state index is -0.520. The quantitative estimate of drug-likeness (QED) is 0.864. The lowest BCUT2D eigenvalue weighted by Gasteiger charge is -2.09. The zero-order valence-electron chi connectivity index (χ0n) is 12.9. The lowest BCUT2D eigenvalue weighted by Crippen LogP contribution is -2.12. The average molecular weight is 338 g/mol. The highest BCUT2D eigenvalue weighted by Gasteiger charge is 2.08. The molecule has 0 aromatic heterocycles. The maximum Gasteiger partial charge on any atom is 0.224 e. The number of carbonyl (C=O) groups excluding carboxylic acids is 1. The number of benzene rings is 2. The van der Waals surface area contributed by atoms with Crippen molar-refractivity contribution in [1.82, 2.24) is 0 Å². The summed E-state index contributed by atoms with van der Waals surface area (Å²) in [6.07, 6.45) is 0.791. The van der Waals surface area contributed by atoms with Crippen LogP contribution in [0.15, 0.2) is 36.4 Å². The molecule has 2 rings (SSSR count). The van der Waals surface area contributed by atoms with Crippen molar-refractivity contribution in [3.8, 4) is 11.5 Å². The monoisotopic (exact) mass is 337 g/mol. The van der Waals surface area contributed by atoms with E-state index in [4.69, 9.17) is 21.1 Å². The fraction of sp³-hybridized carbons (Fsp3) is 0.235. The van der Waals surface area contributed by atoms with Crippen LogP contribution in [0.1, 0.15) is 12.0 Å². The fourth-order valence-corrected chi connectivity index (χ4v) is 2.25. The first kappa shape index (κ1) is 17.1. The van der Waals surface area contributed by atoms with Crippen LogP contribution in [0, 0.1) is 5.82 Å². The van der Waals surface area contributed by atoms with Gasteiger partial charge in [-0.05, 0) is 42.3 Å². The second-order valence-electron chi connectivity index (χ2n) is 4.90. The Balaban J connectivity index is 1.97. The van der Waals surface area contributed by atoms with Crippen LogP contribution in [0.25, 0.3) is 0 Å². The molecular formula is C17H17ClFNO3. The maximum atomic E-state index is 13.1. The van der Waals surface area contributed by atoms with Crippen LogP contribution in [0.2, 0.25) is 5.02 Å². The normalized spacial score (nSPS) is 10.3.